The van der Waals surface area contributed by atoms with Gasteiger partial charge in [0.2, 0.25) is 11.8 Å². The summed E-state index contributed by atoms with van der Waals surface area (Å²) >= 11 is 0. The van der Waals surface area contributed by atoms with E-state index < -0.39 is 0 Å². The van der Waals surface area contributed by atoms with Gasteiger partial charge in [-0.3, -0.25) is 4.79 Å². The minimum Gasteiger partial charge on any atom is -0.484 e. The normalized spacial score (nSPS) is 10.3. The number of nitrogens with zero attached hydrogens (tertiary/aromatic N) is 2. The molecule has 24 heavy (non-hydrogen) atoms. The number of carbonyl (C=O) groups is 1. The number of hydrogen-bond acceptors (Lipinski definition) is 5. The van der Waals surface area contributed by atoms with Gasteiger partial charge in [0.15, 0.2) is 6.61 Å². The van der Waals surface area contributed by atoms with Crippen molar-refractivity contribution in [2.45, 2.75) is 6.42 Å². The summed E-state index contributed by atoms with van der Waals surface area (Å²) in [5, 5.41) is 10.7. The molecule has 1 amide bonds. The number of benzene rings is 2. The Morgan fingerprint density at radius 3 is 2.46 bits per heavy atom. The van der Waals surface area contributed by atoms with Crippen molar-refractivity contribution in [3.8, 4) is 17.2 Å². The van der Waals surface area contributed by atoms with Gasteiger partial charge in [-0.25, -0.2) is 0 Å². The van der Waals surface area contributed by atoms with Gasteiger partial charge < -0.3 is 14.5 Å². The predicted molar refractivity (Wildman–Crippen MR) is 88.4 cm³/mol. The van der Waals surface area contributed by atoms with Gasteiger partial charge in [-0.15, -0.1) is 10.2 Å². The lowest BCUT2D eigenvalue weighted by molar-refractivity contribution is -0.123. The van der Waals surface area contributed by atoms with E-state index in [1.165, 1.54) is 0 Å². The highest BCUT2D eigenvalue weighted by Gasteiger charge is 2.08. The molecule has 0 saturated carbocycles. The molecule has 0 spiro atoms. The third kappa shape index (κ3) is 4.42. The van der Waals surface area contributed by atoms with Crippen molar-refractivity contribution in [3.05, 3.63) is 66.6 Å². The first kappa shape index (κ1) is 15.7. The number of rotatable bonds is 7. The summed E-state index contributed by atoms with van der Waals surface area (Å²) < 4.78 is 10.9. The Morgan fingerprint density at radius 1 is 1.00 bits per heavy atom. The first-order chi connectivity index (χ1) is 11.8. The Kier molecular flexibility index (Phi) is 5.19. The molecule has 1 N–H and O–H groups in total. The second kappa shape index (κ2) is 7.92. The van der Waals surface area contributed by atoms with E-state index >= 15 is 0 Å². The summed E-state index contributed by atoms with van der Waals surface area (Å²) in [6.07, 6.45) is 0.469. The van der Waals surface area contributed by atoms with Crippen LogP contribution < -0.4 is 10.1 Å². The molecule has 1 aromatic heterocycles. The fraction of sp³-hybridized carbons (Fsp3) is 0.167. The predicted octanol–water partition coefficient (Wildman–Crippen LogP) is 2.47. The molecule has 2 aromatic carbocycles. The molecule has 1 heterocycles. The molecule has 3 rings (SSSR count). The van der Waals surface area contributed by atoms with Crippen molar-refractivity contribution in [1.29, 1.82) is 0 Å². The molecule has 0 aliphatic rings. The van der Waals surface area contributed by atoms with Crippen LogP contribution >= 0.6 is 0 Å². The molecule has 6 heteroatoms. The minimum atomic E-state index is -0.193. The number of aromatic nitrogens is 2. The summed E-state index contributed by atoms with van der Waals surface area (Å²) in [5.74, 6) is 1.43. The standard InChI is InChI=1S/C18H17N3O3/c22-16(13-23-15-9-5-2-6-10-15)19-12-11-17-20-21-18(24-17)14-7-3-1-4-8-14/h1-10H,11-13H2,(H,19,22). The average Bonchev–Trinajstić information content (AvgIpc) is 3.11. The smallest absolute Gasteiger partial charge is 0.257 e. The van der Waals surface area contributed by atoms with Gasteiger partial charge in [-0.1, -0.05) is 36.4 Å². The Morgan fingerprint density at radius 2 is 1.71 bits per heavy atom. The van der Waals surface area contributed by atoms with Crippen LogP contribution in [0.5, 0.6) is 5.75 Å². The van der Waals surface area contributed by atoms with Crippen molar-refractivity contribution < 1.29 is 13.9 Å². The van der Waals surface area contributed by atoms with Crippen molar-refractivity contribution in [3.63, 3.8) is 0 Å². The van der Waals surface area contributed by atoms with Crippen LogP contribution in [0, 0.1) is 0 Å². The topological polar surface area (TPSA) is 77.2 Å². The number of carbonyl (C=O) groups excluding carboxylic acids is 1. The van der Waals surface area contributed by atoms with Gasteiger partial charge in [0.25, 0.3) is 5.91 Å². The van der Waals surface area contributed by atoms with Gasteiger partial charge in [0.1, 0.15) is 5.75 Å². The first-order valence-electron chi connectivity index (χ1n) is 7.63. The van der Waals surface area contributed by atoms with Gasteiger partial charge in [0, 0.05) is 18.5 Å². The molecule has 0 saturated heterocycles. The van der Waals surface area contributed by atoms with E-state index in [1.807, 2.05) is 48.5 Å². The van der Waals surface area contributed by atoms with E-state index in [2.05, 4.69) is 15.5 Å². The van der Waals surface area contributed by atoms with Gasteiger partial charge in [-0.2, -0.15) is 0 Å². The van der Waals surface area contributed by atoms with Gasteiger partial charge in [-0.05, 0) is 24.3 Å². The van der Waals surface area contributed by atoms with Gasteiger partial charge >= 0.3 is 0 Å². The van der Waals surface area contributed by atoms with Crippen molar-refractivity contribution in [2.75, 3.05) is 13.2 Å². The third-order valence-corrected chi connectivity index (χ3v) is 3.26. The summed E-state index contributed by atoms with van der Waals surface area (Å²) in [5.41, 5.74) is 0.872. The van der Waals surface area contributed by atoms with E-state index in [-0.39, 0.29) is 12.5 Å². The van der Waals surface area contributed by atoms with Crippen LogP contribution in [0.15, 0.2) is 65.1 Å². The quantitative estimate of drug-likeness (QED) is 0.723. The zero-order chi connectivity index (χ0) is 16.6. The summed E-state index contributed by atoms with van der Waals surface area (Å²) in [7, 11) is 0. The minimum absolute atomic E-state index is 0.0247. The molecule has 6 nitrogen and oxygen atoms in total. The fourth-order valence-electron chi connectivity index (χ4n) is 2.08. The average molecular weight is 323 g/mol. The maximum atomic E-state index is 11.7. The molecule has 122 valence electrons. The summed E-state index contributed by atoms with van der Waals surface area (Å²) in [6, 6.07) is 18.8. The number of amides is 1. The molecule has 0 bridgehead atoms. The Labute approximate surface area is 139 Å². The van der Waals surface area contributed by atoms with Crippen LogP contribution in [0.1, 0.15) is 5.89 Å². The summed E-state index contributed by atoms with van der Waals surface area (Å²) in [6.45, 7) is 0.385. The zero-order valence-corrected chi connectivity index (χ0v) is 13.0. The molecule has 0 unspecified atom stereocenters. The van der Waals surface area contributed by atoms with Crippen LogP contribution in [-0.2, 0) is 11.2 Å². The molecule has 0 atom stereocenters. The molecule has 3 aromatic rings. The molecular formula is C18H17N3O3. The summed E-state index contributed by atoms with van der Waals surface area (Å²) in [4.78, 5) is 11.7. The van der Waals surface area contributed by atoms with Crippen LogP contribution in [0.2, 0.25) is 0 Å². The third-order valence-electron chi connectivity index (χ3n) is 3.26. The lowest BCUT2D eigenvalue weighted by atomic mass is 10.2. The second-order valence-corrected chi connectivity index (χ2v) is 5.07. The number of hydrogen-bond donors (Lipinski definition) is 1. The monoisotopic (exact) mass is 323 g/mol. The van der Waals surface area contributed by atoms with E-state index in [1.54, 1.807) is 12.1 Å². The largest absolute Gasteiger partial charge is 0.484 e. The van der Waals surface area contributed by atoms with E-state index in [4.69, 9.17) is 9.15 Å². The van der Waals surface area contributed by atoms with Crippen LogP contribution in [0.3, 0.4) is 0 Å². The molecular weight excluding hydrogens is 306 g/mol. The highest BCUT2D eigenvalue weighted by molar-refractivity contribution is 5.77. The Balaban J connectivity index is 1.42. The Bertz CT molecular complexity index is 772. The molecule has 0 fully saturated rings. The van der Waals surface area contributed by atoms with Crippen molar-refractivity contribution >= 4 is 5.91 Å². The number of ether oxygens (including phenoxy) is 1. The maximum absolute atomic E-state index is 11.7. The number of para-hydroxylation sites is 1. The zero-order valence-electron chi connectivity index (χ0n) is 13.0. The highest BCUT2D eigenvalue weighted by atomic mass is 16.5. The number of nitrogens with one attached hydrogen (secondary N) is 1. The van der Waals surface area contributed by atoms with Crippen molar-refractivity contribution in [1.82, 2.24) is 15.5 Å². The lowest BCUT2D eigenvalue weighted by Crippen LogP contribution is -2.30. The lowest BCUT2D eigenvalue weighted by Gasteiger charge is -2.06. The maximum Gasteiger partial charge on any atom is 0.257 e. The Hall–Kier alpha value is -3.15. The van der Waals surface area contributed by atoms with Crippen LogP contribution in [0.25, 0.3) is 11.5 Å². The van der Waals surface area contributed by atoms with E-state index in [9.17, 15) is 4.79 Å². The van der Waals surface area contributed by atoms with Crippen molar-refractivity contribution in [2.24, 2.45) is 0 Å². The highest BCUT2D eigenvalue weighted by Crippen LogP contribution is 2.16. The van der Waals surface area contributed by atoms with Crippen LogP contribution in [0.4, 0.5) is 0 Å². The van der Waals surface area contributed by atoms with E-state index in [0.717, 1.165) is 5.56 Å². The molecule has 0 aliphatic heterocycles. The molecule has 0 radical (unpaired) electrons. The van der Waals surface area contributed by atoms with Gasteiger partial charge in [0.05, 0.1) is 0 Å². The molecule has 0 aliphatic carbocycles. The second-order valence-electron chi connectivity index (χ2n) is 5.07. The van der Waals surface area contributed by atoms with Crippen LogP contribution in [-0.4, -0.2) is 29.3 Å². The SMILES string of the molecule is O=C(COc1ccccc1)NCCc1nnc(-c2ccccc2)o1. The fourth-order valence-corrected chi connectivity index (χ4v) is 2.08. The van der Waals surface area contributed by atoms with E-state index in [0.29, 0.717) is 30.5 Å². The first-order valence-corrected chi connectivity index (χ1v) is 7.63.